The summed E-state index contributed by atoms with van der Waals surface area (Å²) in [5.74, 6) is -0.284. The summed E-state index contributed by atoms with van der Waals surface area (Å²) < 4.78 is 55.5. The molecule has 4 rings (SSSR count). The minimum atomic E-state index is -4.54. The number of pyridine rings is 1. The van der Waals surface area contributed by atoms with Crippen molar-refractivity contribution in [3.8, 4) is 0 Å². The molecule has 154 valence electrons. The van der Waals surface area contributed by atoms with Gasteiger partial charge in [0.25, 0.3) is 0 Å². The van der Waals surface area contributed by atoms with Crippen LogP contribution < -0.4 is 0 Å². The van der Waals surface area contributed by atoms with Crippen LogP contribution in [0.4, 0.5) is 17.6 Å². The number of piperidine rings is 1. The van der Waals surface area contributed by atoms with Crippen molar-refractivity contribution in [3.63, 3.8) is 0 Å². The van der Waals surface area contributed by atoms with Crippen molar-refractivity contribution in [1.82, 2.24) is 14.5 Å². The van der Waals surface area contributed by atoms with Crippen LogP contribution in [0.25, 0.3) is 11.0 Å². The van der Waals surface area contributed by atoms with Gasteiger partial charge in [-0.1, -0.05) is 18.2 Å². The van der Waals surface area contributed by atoms with Gasteiger partial charge in [0.15, 0.2) is 0 Å². The van der Waals surface area contributed by atoms with E-state index in [1.54, 1.807) is 30.3 Å². The average Bonchev–Trinajstić information content (AvgIpc) is 3.04. The lowest BCUT2D eigenvalue weighted by Gasteiger charge is -2.39. The molecule has 8 heteroatoms. The van der Waals surface area contributed by atoms with Gasteiger partial charge in [-0.25, -0.2) is 9.37 Å². The number of likely N-dealkylation sites (tertiary alicyclic amines) is 1. The third-order valence-corrected chi connectivity index (χ3v) is 5.54. The number of hydrogen-bond acceptors (Lipinski definition) is 3. The number of fused-ring (bicyclic) bond motifs is 1. The first kappa shape index (κ1) is 19.8. The molecule has 1 N–H and O–H groups in total. The third-order valence-electron chi connectivity index (χ3n) is 5.54. The molecule has 29 heavy (non-hydrogen) atoms. The van der Waals surface area contributed by atoms with E-state index in [1.165, 1.54) is 12.3 Å². The molecule has 1 aromatic carbocycles. The lowest BCUT2D eigenvalue weighted by molar-refractivity contribution is -0.145. The third kappa shape index (κ3) is 4.13. The maximum Gasteiger partial charge on any atom is 0.431 e. The number of benzene rings is 1. The van der Waals surface area contributed by atoms with Crippen LogP contribution >= 0.6 is 0 Å². The lowest BCUT2D eigenvalue weighted by Crippen LogP contribution is -2.47. The second-order valence-corrected chi connectivity index (χ2v) is 7.62. The summed E-state index contributed by atoms with van der Waals surface area (Å²) in [4.78, 5) is 6.10. The first-order valence-electron chi connectivity index (χ1n) is 9.45. The quantitative estimate of drug-likeness (QED) is 0.659. The highest BCUT2D eigenvalue weighted by atomic mass is 19.4. The molecule has 1 fully saturated rings. The Hall–Kier alpha value is -2.45. The van der Waals surface area contributed by atoms with Gasteiger partial charge in [0.05, 0.1) is 12.1 Å². The summed E-state index contributed by atoms with van der Waals surface area (Å²) >= 11 is 0. The Morgan fingerprint density at radius 1 is 1.07 bits per heavy atom. The van der Waals surface area contributed by atoms with Crippen molar-refractivity contribution < 1.29 is 22.7 Å². The molecule has 0 bridgehead atoms. The topological polar surface area (TPSA) is 41.3 Å². The minimum absolute atomic E-state index is 0.185. The van der Waals surface area contributed by atoms with E-state index in [0.29, 0.717) is 43.4 Å². The van der Waals surface area contributed by atoms with Crippen molar-refractivity contribution in [2.45, 2.75) is 37.7 Å². The predicted molar refractivity (Wildman–Crippen MR) is 101 cm³/mol. The number of aromatic nitrogens is 2. The minimum Gasteiger partial charge on any atom is -0.388 e. The number of hydrogen-bond donors (Lipinski definition) is 1. The fourth-order valence-corrected chi connectivity index (χ4v) is 3.93. The Kier molecular flexibility index (Phi) is 5.08. The monoisotopic (exact) mass is 407 g/mol. The summed E-state index contributed by atoms with van der Waals surface area (Å²) in [5.41, 5.74) is -1.32. The van der Waals surface area contributed by atoms with Gasteiger partial charge in [-0.15, -0.1) is 0 Å². The molecule has 1 aliphatic rings. The molecule has 0 atom stereocenters. The molecule has 0 amide bonds. The van der Waals surface area contributed by atoms with Crippen molar-refractivity contribution in [2.75, 3.05) is 13.1 Å². The average molecular weight is 407 g/mol. The van der Waals surface area contributed by atoms with E-state index < -0.39 is 17.5 Å². The molecule has 0 spiro atoms. The molecule has 2 aromatic heterocycles. The molecule has 0 aliphatic carbocycles. The smallest absolute Gasteiger partial charge is 0.388 e. The van der Waals surface area contributed by atoms with Gasteiger partial charge in [-0.3, -0.25) is 4.90 Å². The zero-order valence-electron chi connectivity index (χ0n) is 15.7. The summed E-state index contributed by atoms with van der Waals surface area (Å²) in [6, 6.07) is 10.7. The predicted octanol–water partition coefficient (Wildman–Crippen LogP) is 4.22. The van der Waals surface area contributed by atoms with Crippen molar-refractivity contribution in [2.24, 2.45) is 0 Å². The van der Waals surface area contributed by atoms with E-state index in [1.807, 2.05) is 4.90 Å². The fourth-order valence-electron chi connectivity index (χ4n) is 3.93. The second kappa shape index (κ2) is 7.42. The molecule has 3 heterocycles. The molecule has 0 radical (unpaired) electrons. The molecule has 1 saturated heterocycles. The normalized spacial score (nSPS) is 17.7. The molecule has 0 saturated carbocycles. The van der Waals surface area contributed by atoms with Crippen LogP contribution in [-0.2, 0) is 19.3 Å². The fraction of sp³-hybridized carbons (Fsp3) is 0.381. The van der Waals surface area contributed by atoms with Crippen LogP contribution in [0.15, 0.2) is 48.7 Å². The lowest BCUT2D eigenvalue weighted by atomic mass is 9.91. The molecule has 3 aromatic rings. The van der Waals surface area contributed by atoms with Crippen molar-refractivity contribution in [3.05, 3.63) is 65.7 Å². The Morgan fingerprint density at radius 3 is 2.48 bits per heavy atom. The molecule has 4 nitrogen and oxygen atoms in total. The van der Waals surface area contributed by atoms with E-state index in [2.05, 4.69) is 4.98 Å². The summed E-state index contributed by atoms with van der Waals surface area (Å²) in [7, 11) is 0. The summed E-state index contributed by atoms with van der Waals surface area (Å²) in [6.45, 7) is 1.16. The largest absolute Gasteiger partial charge is 0.431 e. The van der Waals surface area contributed by atoms with Crippen LogP contribution in [0, 0.1) is 5.82 Å². The van der Waals surface area contributed by atoms with Crippen molar-refractivity contribution in [1.29, 1.82) is 0 Å². The Bertz CT molecular complexity index is 1010. The number of alkyl halides is 3. The zero-order valence-corrected chi connectivity index (χ0v) is 15.7. The van der Waals surface area contributed by atoms with E-state index >= 15 is 0 Å². The Morgan fingerprint density at radius 2 is 1.79 bits per heavy atom. The second-order valence-electron chi connectivity index (χ2n) is 7.62. The van der Waals surface area contributed by atoms with Crippen LogP contribution in [0.3, 0.4) is 0 Å². The highest BCUT2D eigenvalue weighted by Gasteiger charge is 2.39. The molecule has 0 unspecified atom stereocenters. The first-order chi connectivity index (χ1) is 13.8. The molecular formula is C21H21F4N3O. The van der Waals surface area contributed by atoms with Gasteiger partial charge < -0.3 is 9.67 Å². The maximum absolute atomic E-state index is 13.9. The maximum atomic E-state index is 13.9. The van der Waals surface area contributed by atoms with E-state index in [-0.39, 0.29) is 18.0 Å². The van der Waals surface area contributed by atoms with Crippen LogP contribution in [0.1, 0.15) is 24.1 Å². The highest BCUT2D eigenvalue weighted by Crippen LogP contribution is 2.36. The summed E-state index contributed by atoms with van der Waals surface area (Å²) in [5, 5.41) is 11.4. The zero-order chi connectivity index (χ0) is 20.6. The Balaban J connectivity index is 1.52. The number of aliphatic hydroxyl groups is 1. The van der Waals surface area contributed by atoms with Crippen molar-refractivity contribution >= 4 is 11.0 Å². The van der Waals surface area contributed by atoms with E-state index in [0.717, 1.165) is 10.6 Å². The van der Waals surface area contributed by atoms with E-state index in [9.17, 15) is 22.7 Å². The van der Waals surface area contributed by atoms with E-state index in [4.69, 9.17) is 0 Å². The van der Waals surface area contributed by atoms with Gasteiger partial charge in [-0.05, 0) is 37.1 Å². The van der Waals surface area contributed by atoms with Gasteiger partial charge >= 0.3 is 6.18 Å². The van der Waals surface area contributed by atoms with Gasteiger partial charge in [-0.2, -0.15) is 13.2 Å². The van der Waals surface area contributed by atoms with Gasteiger partial charge in [0.1, 0.15) is 17.2 Å². The van der Waals surface area contributed by atoms with Crippen LogP contribution in [0.5, 0.6) is 0 Å². The number of rotatable bonds is 4. The SMILES string of the molecule is OC1(Cn2c(C(F)(F)F)cc3cccnc32)CCN(Cc2ccccc2F)CC1. The standard InChI is InChI=1S/C21H21F4N3O/c22-17-6-2-1-4-16(17)13-27-10-7-20(29,8-11-27)14-28-18(21(23,24)25)12-15-5-3-9-26-19(15)28/h1-6,9,12,29H,7-8,10-11,13-14H2. The number of halogens is 4. The summed E-state index contributed by atoms with van der Waals surface area (Å²) in [6.07, 6.45) is -2.50. The highest BCUT2D eigenvalue weighted by molar-refractivity contribution is 5.77. The Labute approximate surface area is 165 Å². The first-order valence-corrected chi connectivity index (χ1v) is 9.45. The van der Waals surface area contributed by atoms with Gasteiger partial charge in [0.2, 0.25) is 0 Å². The molecular weight excluding hydrogens is 386 g/mol. The number of nitrogens with zero attached hydrogens (tertiary/aromatic N) is 3. The van der Waals surface area contributed by atoms with Crippen LogP contribution in [0.2, 0.25) is 0 Å². The van der Waals surface area contributed by atoms with Crippen LogP contribution in [-0.4, -0.2) is 38.2 Å². The van der Waals surface area contributed by atoms with Gasteiger partial charge in [0, 0.05) is 36.8 Å². The molecule has 1 aliphatic heterocycles.